The van der Waals surface area contributed by atoms with Crippen LogP contribution in [0.1, 0.15) is 20.8 Å². The molecule has 0 radical (unpaired) electrons. The first-order chi connectivity index (χ1) is 6.54. The SMILES string of the molecule is C[C-]=C([C](C)=[W])N([C-]=O)[C](C)=[W].[W].[W].[W].[W].[W].[W].[W].[W].[W].[W].[W].[W].[W].[W].[W].[W].[W]=[W]. The minimum atomic E-state index is 0. The second-order valence-corrected chi connectivity index (χ2v) is 6.42. The van der Waals surface area contributed by atoms with Gasteiger partial charge in [0.25, 0.3) is 0 Å². The van der Waals surface area contributed by atoms with E-state index in [4.69, 9.17) is 0 Å². The molecule has 30 heavy (non-hydrogen) atoms. The fraction of sp³-hybridized carbons (Fsp3) is 0.375. The third kappa shape index (κ3) is 77.9. The summed E-state index contributed by atoms with van der Waals surface area (Å²) in [5.41, 5.74) is 0.854. The number of allylic oxidation sites excluding steroid dienone is 2. The molecule has 0 aromatic carbocycles. The summed E-state index contributed by atoms with van der Waals surface area (Å²) in [6.45, 7) is 5.71. The van der Waals surface area contributed by atoms with Crippen molar-refractivity contribution < 1.29 is 413 Å². The van der Waals surface area contributed by atoms with Gasteiger partial charge in [0.2, 0.25) is 0 Å². The van der Waals surface area contributed by atoms with E-state index in [9.17, 15) is 4.79 Å². The van der Waals surface area contributed by atoms with Gasteiger partial charge in [0.15, 0.2) is 0 Å². The molecule has 0 unspecified atom stereocenters. The summed E-state index contributed by atoms with van der Waals surface area (Å²) in [7, 11) is 0. The van der Waals surface area contributed by atoms with Crippen LogP contribution in [-0.2, 0) is 413 Å². The molecule has 0 bridgehead atoms. The Morgan fingerprint density at radius 1 is 0.600 bits per heavy atom. The van der Waals surface area contributed by atoms with Gasteiger partial charge in [-0.05, 0) is 0 Å². The van der Waals surface area contributed by atoms with Gasteiger partial charge in [0.1, 0.15) is 0 Å². The van der Waals surface area contributed by atoms with Crippen molar-refractivity contribution in [3.63, 3.8) is 0 Å². The van der Waals surface area contributed by atoms with Crippen molar-refractivity contribution >= 4 is 14.3 Å². The van der Waals surface area contributed by atoms with E-state index in [1.165, 1.54) is 43.6 Å². The molecule has 0 aliphatic rings. The van der Waals surface area contributed by atoms with Crippen LogP contribution in [0.25, 0.3) is 0 Å². The maximum absolute atomic E-state index is 10.6. The quantitative estimate of drug-likeness (QED) is 0.297. The first kappa shape index (κ1) is 122. The van der Waals surface area contributed by atoms with E-state index < -0.39 is 0 Å². The third-order valence-corrected chi connectivity index (χ3v) is 2.55. The van der Waals surface area contributed by atoms with Crippen LogP contribution in [0.4, 0.5) is 0 Å². The van der Waals surface area contributed by atoms with Crippen molar-refractivity contribution in [1.82, 2.24) is 4.90 Å². The molecule has 0 saturated heterocycles. The van der Waals surface area contributed by atoms with Gasteiger partial charge in [-0.25, -0.2) is 0 Å². The minimum absolute atomic E-state index is 0. The number of hydrogen-bond donors (Lipinski definition) is 0. The Morgan fingerprint density at radius 2 is 0.800 bits per heavy atom. The van der Waals surface area contributed by atoms with Crippen molar-refractivity contribution in [2.75, 3.05) is 0 Å². The predicted molar refractivity (Wildman–Crippen MR) is 41.3 cm³/mol. The summed E-state index contributed by atoms with van der Waals surface area (Å²) < 4.78 is 2.15. The van der Waals surface area contributed by atoms with Crippen LogP contribution in [0.15, 0.2) is 5.70 Å². The summed E-state index contributed by atoms with van der Waals surface area (Å²) in [5.74, 6) is 0. The fourth-order valence-electron chi connectivity index (χ4n) is 0.713. The van der Waals surface area contributed by atoms with Crippen molar-refractivity contribution in [3.8, 4) is 0 Å². The second-order valence-electron chi connectivity index (χ2n) is 2.10. The monoisotopic (exact) mass is 3810 g/mol. The van der Waals surface area contributed by atoms with Crippen molar-refractivity contribution in [2.24, 2.45) is 0 Å². The van der Waals surface area contributed by atoms with Gasteiger partial charge in [-0.2, -0.15) is 0 Å². The maximum atomic E-state index is 10.6. The van der Waals surface area contributed by atoms with E-state index in [2.05, 4.69) is 6.08 Å². The fourth-order valence-corrected chi connectivity index (χ4v) is 1.87. The van der Waals surface area contributed by atoms with Crippen LogP contribution < -0.4 is 0 Å². The molecular weight excluding hydrogens is 3800 g/mol. The zero-order valence-corrected chi connectivity index (χ0v) is 73.2. The number of amides is 1. The first-order valence-electron chi connectivity index (χ1n) is 3.45. The van der Waals surface area contributed by atoms with Crippen LogP contribution in [-0.4, -0.2) is 19.2 Å². The Morgan fingerprint density at radius 3 is 0.833 bits per heavy atom. The van der Waals surface area contributed by atoms with Gasteiger partial charge in [-0.3, -0.25) is 0 Å². The van der Waals surface area contributed by atoms with Gasteiger partial charge in [-0.15, -0.1) is 0 Å². The van der Waals surface area contributed by atoms with E-state index in [0.717, 1.165) is 13.6 Å². The molecule has 0 fully saturated rings. The number of nitrogens with zero attached hydrogens (tertiary/aromatic N) is 1. The summed E-state index contributed by atoms with van der Waals surface area (Å²) >= 11 is 5.96. The Hall–Kier alpha value is 12.7. The molecule has 174 valence electrons. The summed E-state index contributed by atoms with van der Waals surface area (Å²) in [5, 5.41) is 0. The van der Waals surface area contributed by atoms with Gasteiger partial charge >= 0.3 is 128 Å². The molecule has 1 amide bonds. The van der Waals surface area contributed by atoms with Crippen LogP contribution in [0, 0.1) is 6.08 Å². The van der Waals surface area contributed by atoms with Gasteiger partial charge in [-0.1, -0.05) is 0 Å². The van der Waals surface area contributed by atoms with E-state index in [1.807, 2.05) is 27.2 Å². The number of rotatable bonds is 4. The van der Waals surface area contributed by atoms with Crippen LogP contribution in [0.2, 0.25) is 0 Å². The topological polar surface area (TPSA) is 20.3 Å². The zero-order valence-electron chi connectivity index (χ0n) is 14.5. The van der Waals surface area contributed by atoms with E-state index in [1.54, 1.807) is 32.4 Å². The summed E-state index contributed by atoms with van der Waals surface area (Å²) in [6.07, 6.45) is 4.88. The number of carbonyl (C=O) groups excluding carboxylic acids is 1. The zero-order chi connectivity index (χ0) is 11.7. The molecule has 0 rings (SSSR count). The van der Waals surface area contributed by atoms with Crippen molar-refractivity contribution in [3.05, 3.63) is 11.8 Å². The Labute approximate surface area is 452 Å². The van der Waals surface area contributed by atoms with Gasteiger partial charge in [0, 0.05) is 337 Å². The Balaban J connectivity index is -0.00000000485. The average molecular weight is 3810 g/mol. The van der Waals surface area contributed by atoms with Crippen molar-refractivity contribution in [2.45, 2.75) is 20.8 Å². The van der Waals surface area contributed by atoms with E-state index >= 15 is 0 Å². The molecule has 0 aliphatic heterocycles. The molecule has 0 aromatic heterocycles. The molecule has 0 saturated carbocycles. The Kier molecular flexibility index (Phi) is 393. The molecule has 2 nitrogen and oxygen atoms in total. The first-order valence-corrected chi connectivity index (χ1v) is 17.4. The van der Waals surface area contributed by atoms with Crippen LogP contribution in [0.5, 0.6) is 0 Å². The van der Waals surface area contributed by atoms with E-state index in [-0.39, 0.29) is 337 Å². The molecule has 22 heteroatoms. The molecule has 0 atom stereocenters. The van der Waals surface area contributed by atoms with Crippen LogP contribution >= 0.6 is 0 Å². The van der Waals surface area contributed by atoms with Crippen LogP contribution in [0.3, 0.4) is 0 Å². The molecule has 0 N–H and O–H groups in total. The second kappa shape index (κ2) is 96.9. The Bertz CT molecular complexity index is 278. The summed E-state index contributed by atoms with van der Waals surface area (Å²) in [6, 6.07) is 0. The molecule has 0 aromatic rings. The number of hydrogen-bond acceptors (Lipinski definition) is 1. The molecule has 0 aliphatic carbocycles. The van der Waals surface area contributed by atoms with Crippen molar-refractivity contribution in [1.29, 1.82) is 0 Å². The normalized spacial score (nSPS) is 4.43. The predicted octanol–water partition coefficient (Wildman–Crippen LogP) is 0.453. The average Bonchev–Trinajstić information content (AvgIpc) is 2.15. The van der Waals surface area contributed by atoms with Gasteiger partial charge < -0.3 is 0 Å². The molecule has 0 spiro atoms. The molecular formula is C8H9NOW20-2. The molecule has 0 heterocycles. The van der Waals surface area contributed by atoms with E-state index in [0.29, 0.717) is 0 Å². The standard InChI is InChI=1S/C8H9NO.20W/c1-4-8(5-2)9(6-3)7-10;;;;;;;;;;;;;;;;;;;;/h1-3H3;;;;;;;;;;;;;;;;;;;;/q-2;;;;;;;;;;;;;;;;;;;;. The summed E-state index contributed by atoms with van der Waals surface area (Å²) in [4.78, 5) is 12.1. The third-order valence-electron chi connectivity index (χ3n) is 1.20. The van der Waals surface area contributed by atoms with Gasteiger partial charge in [0.05, 0.1) is 0 Å².